The summed E-state index contributed by atoms with van der Waals surface area (Å²) in [5.41, 5.74) is 6.37. The quantitative estimate of drug-likeness (QED) is 0.774. The highest BCUT2D eigenvalue weighted by atomic mass is 16.5. The van der Waals surface area contributed by atoms with Crippen molar-refractivity contribution in [2.75, 3.05) is 31.3 Å². The summed E-state index contributed by atoms with van der Waals surface area (Å²) in [7, 11) is 3.23. The van der Waals surface area contributed by atoms with Gasteiger partial charge in [0.25, 0.3) is 0 Å². The van der Waals surface area contributed by atoms with Gasteiger partial charge in [-0.25, -0.2) is 4.98 Å². The van der Waals surface area contributed by atoms with Crippen molar-refractivity contribution in [2.45, 2.75) is 13.8 Å². The Morgan fingerprint density at radius 3 is 2.76 bits per heavy atom. The molecule has 0 spiro atoms. The van der Waals surface area contributed by atoms with Crippen molar-refractivity contribution >= 4 is 17.7 Å². The van der Waals surface area contributed by atoms with Crippen LogP contribution in [0, 0.1) is 12.8 Å². The molecule has 17 heavy (non-hydrogen) atoms. The minimum atomic E-state index is -0.240. The highest BCUT2D eigenvalue weighted by Crippen LogP contribution is 2.13. The second-order valence-corrected chi connectivity index (χ2v) is 4.03. The van der Waals surface area contributed by atoms with Crippen LogP contribution in [0.15, 0.2) is 6.07 Å². The molecular formula is C11H18N4O2. The number of hydrogen-bond donors (Lipinski definition) is 1. The number of rotatable bonds is 4. The van der Waals surface area contributed by atoms with Gasteiger partial charge in [-0.05, 0) is 6.92 Å². The predicted molar refractivity (Wildman–Crippen MR) is 65.6 cm³/mol. The van der Waals surface area contributed by atoms with Crippen LogP contribution in [-0.4, -0.2) is 36.6 Å². The van der Waals surface area contributed by atoms with Crippen molar-refractivity contribution in [1.29, 1.82) is 0 Å². The normalized spacial score (nSPS) is 12.0. The molecule has 0 aliphatic carbocycles. The standard InChI is InChI=1S/C11H18N4O2/c1-7(10(16)17-4)6-15(3)9-5-8(2)13-11(12)14-9/h5,7H,6H2,1-4H3,(H2,12,13,14). The molecule has 1 unspecified atom stereocenters. The fraction of sp³-hybridized carbons (Fsp3) is 0.545. The lowest BCUT2D eigenvalue weighted by Gasteiger charge is -2.21. The molecule has 0 radical (unpaired) electrons. The third kappa shape index (κ3) is 3.58. The maximum atomic E-state index is 11.3. The van der Waals surface area contributed by atoms with E-state index in [9.17, 15) is 4.79 Å². The number of anilines is 2. The summed E-state index contributed by atoms with van der Waals surface area (Å²) in [6, 6.07) is 1.82. The maximum absolute atomic E-state index is 11.3. The van der Waals surface area contributed by atoms with Crippen LogP contribution in [0.2, 0.25) is 0 Å². The van der Waals surface area contributed by atoms with Gasteiger partial charge in [-0.2, -0.15) is 4.98 Å². The van der Waals surface area contributed by atoms with E-state index in [1.165, 1.54) is 7.11 Å². The number of ether oxygens (including phenoxy) is 1. The Morgan fingerprint density at radius 1 is 1.59 bits per heavy atom. The number of methoxy groups -OCH3 is 1. The van der Waals surface area contributed by atoms with Crippen LogP contribution in [-0.2, 0) is 9.53 Å². The molecule has 0 aromatic carbocycles. The molecule has 6 nitrogen and oxygen atoms in total. The van der Waals surface area contributed by atoms with Crippen molar-refractivity contribution < 1.29 is 9.53 Å². The van der Waals surface area contributed by atoms with E-state index >= 15 is 0 Å². The first-order valence-electron chi connectivity index (χ1n) is 5.34. The van der Waals surface area contributed by atoms with Gasteiger partial charge in [0.05, 0.1) is 13.0 Å². The Morgan fingerprint density at radius 2 is 2.24 bits per heavy atom. The zero-order valence-electron chi connectivity index (χ0n) is 10.6. The Hall–Kier alpha value is -1.85. The molecule has 0 bridgehead atoms. The fourth-order valence-corrected chi connectivity index (χ4v) is 1.55. The third-order valence-electron chi connectivity index (χ3n) is 2.40. The zero-order valence-corrected chi connectivity index (χ0v) is 10.6. The van der Waals surface area contributed by atoms with Crippen molar-refractivity contribution in [3.8, 4) is 0 Å². The van der Waals surface area contributed by atoms with Crippen molar-refractivity contribution in [2.24, 2.45) is 5.92 Å². The fourth-order valence-electron chi connectivity index (χ4n) is 1.55. The summed E-state index contributed by atoms with van der Waals surface area (Å²) in [6.07, 6.45) is 0. The summed E-state index contributed by atoms with van der Waals surface area (Å²) in [5, 5.41) is 0. The van der Waals surface area contributed by atoms with Gasteiger partial charge in [0.1, 0.15) is 5.82 Å². The van der Waals surface area contributed by atoms with Crippen molar-refractivity contribution in [1.82, 2.24) is 9.97 Å². The lowest BCUT2D eigenvalue weighted by molar-refractivity contribution is -0.144. The Balaban J connectivity index is 2.75. The highest BCUT2D eigenvalue weighted by Gasteiger charge is 2.16. The first-order chi connectivity index (χ1) is 7.93. The molecule has 0 saturated heterocycles. The van der Waals surface area contributed by atoms with Gasteiger partial charge in [0.2, 0.25) is 5.95 Å². The molecule has 2 N–H and O–H groups in total. The van der Waals surface area contributed by atoms with Crippen molar-refractivity contribution in [3.05, 3.63) is 11.8 Å². The van der Waals surface area contributed by atoms with E-state index < -0.39 is 0 Å². The average Bonchev–Trinajstić information content (AvgIpc) is 2.26. The molecule has 0 fully saturated rings. The van der Waals surface area contributed by atoms with Gasteiger partial charge < -0.3 is 15.4 Å². The van der Waals surface area contributed by atoms with E-state index in [0.29, 0.717) is 12.4 Å². The van der Waals surface area contributed by atoms with E-state index in [0.717, 1.165) is 5.69 Å². The second kappa shape index (κ2) is 5.47. The lowest BCUT2D eigenvalue weighted by Crippen LogP contribution is -2.30. The van der Waals surface area contributed by atoms with Gasteiger partial charge in [-0.15, -0.1) is 0 Å². The van der Waals surface area contributed by atoms with Gasteiger partial charge in [0.15, 0.2) is 0 Å². The van der Waals surface area contributed by atoms with Crippen LogP contribution in [0.25, 0.3) is 0 Å². The Labute approximate surface area is 101 Å². The summed E-state index contributed by atoms with van der Waals surface area (Å²) < 4.78 is 4.67. The van der Waals surface area contributed by atoms with Crippen LogP contribution in [0.1, 0.15) is 12.6 Å². The molecule has 1 aromatic rings. The Kier molecular flexibility index (Phi) is 4.25. The summed E-state index contributed by atoms with van der Waals surface area (Å²) in [5.74, 6) is 0.473. The minimum Gasteiger partial charge on any atom is -0.469 e. The number of nitrogens with two attached hydrogens (primary N) is 1. The average molecular weight is 238 g/mol. The third-order valence-corrected chi connectivity index (χ3v) is 2.40. The van der Waals surface area contributed by atoms with E-state index in [-0.39, 0.29) is 17.8 Å². The molecule has 1 heterocycles. The van der Waals surface area contributed by atoms with Crippen LogP contribution < -0.4 is 10.6 Å². The maximum Gasteiger partial charge on any atom is 0.310 e. The van der Waals surface area contributed by atoms with Crippen LogP contribution in [0.3, 0.4) is 0 Å². The van der Waals surface area contributed by atoms with Crippen LogP contribution in [0.5, 0.6) is 0 Å². The first-order valence-corrected chi connectivity index (χ1v) is 5.34. The van der Waals surface area contributed by atoms with E-state index in [1.807, 2.05) is 24.9 Å². The number of carbonyl (C=O) groups is 1. The molecular weight excluding hydrogens is 220 g/mol. The molecule has 0 aliphatic rings. The molecule has 0 aliphatic heterocycles. The molecule has 94 valence electrons. The van der Waals surface area contributed by atoms with Gasteiger partial charge in [-0.1, -0.05) is 6.92 Å². The van der Waals surface area contributed by atoms with E-state index in [2.05, 4.69) is 14.7 Å². The predicted octanol–water partition coefficient (Wildman–Crippen LogP) is 0.613. The first kappa shape index (κ1) is 13.2. The van der Waals surface area contributed by atoms with Gasteiger partial charge in [0, 0.05) is 25.4 Å². The lowest BCUT2D eigenvalue weighted by atomic mass is 10.2. The van der Waals surface area contributed by atoms with Gasteiger partial charge >= 0.3 is 5.97 Å². The van der Waals surface area contributed by atoms with E-state index in [1.54, 1.807) is 6.92 Å². The smallest absolute Gasteiger partial charge is 0.310 e. The van der Waals surface area contributed by atoms with Crippen LogP contribution >= 0.6 is 0 Å². The number of carbonyl (C=O) groups excluding carboxylic acids is 1. The number of nitrogen functional groups attached to an aromatic ring is 1. The van der Waals surface area contributed by atoms with E-state index in [4.69, 9.17) is 5.73 Å². The van der Waals surface area contributed by atoms with Gasteiger partial charge in [-0.3, -0.25) is 4.79 Å². The highest BCUT2D eigenvalue weighted by molar-refractivity contribution is 5.72. The summed E-state index contributed by atoms with van der Waals surface area (Å²) in [4.78, 5) is 21.3. The zero-order chi connectivity index (χ0) is 13.0. The molecule has 0 amide bonds. The van der Waals surface area contributed by atoms with Crippen LogP contribution in [0.4, 0.5) is 11.8 Å². The Bertz CT molecular complexity index is 388. The largest absolute Gasteiger partial charge is 0.469 e. The summed E-state index contributed by atoms with van der Waals surface area (Å²) >= 11 is 0. The second-order valence-electron chi connectivity index (χ2n) is 4.03. The SMILES string of the molecule is COC(=O)C(C)CN(C)c1cc(C)nc(N)n1. The number of esters is 1. The minimum absolute atomic E-state index is 0.221. The molecule has 6 heteroatoms. The number of hydrogen-bond acceptors (Lipinski definition) is 6. The number of nitrogens with zero attached hydrogens (tertiary/aromatic N) is 3. The topological polar surface area (TPSA) is 81.3 Å². The molecule has 0 saturated carbocycles. The molecule has 1 atom stereocenters. The number of aryl methyl sites for hydroxylation is 1. The molecule has 1 rings (SSSR count). The monoisotopic (exact) mass is 238 g/mol. The van der Waals surface area contributed by atoms with Crippen molar-refractivity contribution in [3.63, 3.8) is 0 Å². The molecule has 1 aromatic heterocycles. The summed E-state index contributed by atoms with van der Waals surface area (Å²) in [6.45, 7) is 4.17. The number of aromatic nitrogens is 2.